The smallest absolute Gasteiger partial charge is 0.246 e. The van der Waals surface area contributed by atoms with Crippen LogP contribution in [0.25, 0.3) is 6.08 Å². The lowest BCUT2D eigenvalue weighted by atomic mass is 10.1. The number of nitrogens with zero attached hydrogens (tertiary/aromatic N) is 2. The number of amides is 1. The van der Waals surface area contributed by atoms with E-state index in [-0.39, 0.29) is 23.8 Å². The minimum Gasteiger partial charge on any atom is -0.334 e. The van der Waals surface area contributed by atoms with Gasteiger partial charge in [0.1, 0.15) is 5.82 Å². The molecule has 1 aliphatic heterocycles. The molecule has 0 unspecified atom stereocenters. The van der Waals surface area contributed by atoms with Crippen LogP contribution in [0.15, 0.2) is 48.5 Å². The van der Waals surface area contributed by atoms with Crippen molar-refractivity contribution in [2.24, 2.45) is 0 Å². The lowest BCUT2D eigenvalue weighted by molar-refractivity contribution is -0.131. The number of rotatable bonds is 4. The molecule has 0 saturated carbocycles. The monoisotopic (exact) mass is 420 g/mol. The second-order valence-corrected chi connectivity index (χ2v) is 8.09. The molecule has 1 amide bonds. The van der Waals surface area contributed by atoms with Gasteiger partial charge in [0.15, 0.2) is 0 Å². The zero-order valence-electron chi connectivity index (χ0n) is 15.9. The summed E-state index contributed by atoms with van der Waals surface area (Å²) in [6, 6.07) is 12.1. The topological polar surface area (TPSA) is 23.6 Å². The molecule has 1 fully saturated rings. The molecule has 0 N–H and O–H groups in total. The Morgan fingerprint density at radius 1 is 1.11 bits per heavy atom. The van der Waals surface area contributed by atoms with Gasteiger partial charge < -0.3 is 4.90 Å². The Bertz CT molecular complexity index is 869. The van der Waals surface area contributed by atoms with Crippen molar-refractivity contribution in [3.05, 3.63) is 75.5 Å². The normalized spacial score (nSPS) is 20.7. The molecule has 1 aliphatic rings. The molecule has 2 aromatic carbocycles. The molecule has 1 heterocycles. The lowest BCUT2D eigenvalue weighted by Gasteiger charge is -2.44. The Labute approximate surface area is 175 Å². The van der Waals surface area contributed by atoms with E-state index in [4.69, 9.17) is 23.2 Å². The van der Waals surface area contributed by atoms with E-state index in [0.717, 1.165) is 24.2 Å². The summed E-state index contributed by atoms with van der Waals surface area (Å²) in [5, 5.41) is 1.08. The van der Waals surface area contributed by atoms with Gasteiger partial charge in [0.2, 0.25) is 5.91 Å². The van der Waals surface area contributed by atoms with Crippen molar-refractivity contribution in [2.45, 2.75) is 32.5 Å². The fourth-order valence-corrected chi connectivity index (χ4v) is 3.91. The third kappa shape index (κ3) is 5.13. The molecule has 2 aromatic rings. The van der Waals surface area contributed by atoms with Gasteiger partial charge >= 0.3 is 0 Å². The highest BCUT2D eigenvalue weighted by Gasteiger charge is 2.30. The average molecular weight is 421 g/mol. The van der Waals surface area contributed by atoms with Crippen LogP contribution in [0.5, 0.6) is 0 Å². The van der Waals surface area contributed by atoms with E-state index in [1.165, 1.54) is 12.1 Å². The highest BCUT2D eigenvalue weighted by Crippen LogP contribution is 2.23. The second kappa shape index (κ2) is 9.08. The first kappa shape index (κ1) is 20.8. The second-order valence-electron chi connectivity index (χ2n) is 7.24. The first-order valence-electron chi connectivity index (χ1n) is 9.25. The van der Waals surface area contributed by atoms with Crippen molar-refractivity contribution in [3.8, 4) is 0 Å². The summed E-state index contributed by atoms with van der Waals surface area (Å²) in [7, 11) is 0. The summed E-state index contributed by atoms with van der Waals surface area (Å²) in [4.78, 5) is 16.9. The molecule has 28 heavy (non-hydrogen) atoms. The van der Waals surface area contributed by atoms with Gasteiger partial charge in [0.05, 0.1) is 0 Å². The van der Waals surface area contributed by atoms with Gasteiger partial charge in [0, 0.05) is 47.8 Å². The molecule has 3 nitrogen and oxygen atoms in total. The van der Waals surface area contributed by atoms with Crippen LogP contribution in [0.1, 0.15) is 25.0 Å². The van der Waals surface area contributed by atoms with E-state index >= 15 is 0 Å². The van der Waals surface area contributed by atoms with E-state index in [9.17, 15) is 9.18 Å². The highest BCUT2D eigenvalue weighted by molar-refractivity contribution is 6.35. The quantitative estimate of drug-likeness (QED) is 0.629. The predicted molar refractivity (Wildman–Crippen MR) is 113 cm³/mol. The van der Waals surface area contributed by atoms with Gasteiger partial charge in [-0.05, 0) is 55.3 Å². The highest BCUT2D eigenvalue weighted by atomic mass is 35.5. The Hall–Kier alpha value is -1.88. The van der Waals surface area contributed by atoms with E-state index in [1.54, 1.807) is 30.4 Å². The Morgan fingerprint density at radius 3 is 2.50 bits per heavy atom. The van der Waals surface area contributed by atoms with Crippen LogP contribution in [-0.4, -0.2) is 40.9 Å². The summed E-state index contributed by atoms with van der Waals surface area (Å²) in [5.41, 5.74) is 1.83. The predicted octanol–water partition coefficient (Wildman–Crippen LogP) is 5.27. The molecule has 0 aliphatic carbocycles. The molecular weight excluding hydrogens is 398 g/mol. The van der Waals surface area contributed by atoms with Crippen LogP contribution < -0.4 is 0 Å². The van der Waals surface area contributed by atoms with Crippen LogP contribution in [-0.2, 0) is 11.3 Å². The van der Waals surface area contributed by atoms with E-state index < -0.39 is 0 Å². The van der Waals surface area contributed by atoms with Crippen LogP contribution in [0.4, 0.5) is 4.39 Å². The molecule has 2 atom stereocenters. The van der Waals surface area contributed by atoms with Crippen LogP contribution in [0.2, 0.25) is 10.0 Å². The first-order chi connectivity index (χ1) is 13.3. The fraction of sp³-hybridized carbons (Fsp3) is 0.318. The Morgan fingerprint density at radius 2 is 1.82 bits per heavy atom. The molecule has 1 saturated heterocycles. The number of benzene rings is 2. The van der Waals surface area contributed by atoms with E-state index in [0.29, 0.717) is 16.6 Å². The molecular formula is C22H23Cl2FN2O. The van der Waals surface area contributed by atoms with Gasteiger partial charge in [-0.3, -0.25) is 9.69 Å². The zero-order chi connectivity index (χ0) is 20.3. The number of hydrogen-bond donors (Lipinski definition) is 0. The number of piperazine rings is 1. The van der Waals surface area contributed by atoms with Crippen molar-refractivity contribution < 1.29 is 9.18 Å². The van der Waals surface area contributed by atoms with Crippen molar-refractivity contribution in [2.75, 3.05) is 13.1 Å². The Balaban J connectivity index is 1.63. The molecule has 0 bridgehead atoms. The number of carbonyl (C=O) groups is 1. The third-order valence-corrected chi connectivity index (χ3v) is 5.63. The van der Waals surface area contributed by atoms with Crippen molar-refractivity contribution >= 4 is 35.2 Å². The van der Waals surface area contributed by atoms with E-state index in [1.807, 2.05) is 24.0 Å². The van der Waals surface area contributed by atoms with Crippen LogP contribution in [0.3, 0.4) is 0 Å². The lowest BCUT2D eigenvalue weighted by Crippen LogP contribution is -2.57. The van der Waals surface area contributed by atoms with Crippen LogP contribution in [0, 0.1) is 5.82 Å². The largest absolute Gasteiger partial charge is 0.334 e. The Kier molecular flexibility index (Phi) is 6.76. The summed E-state index contributed by atoms with van der Waals surface area (Å²) in [6.07, 6.45) is 3.29. The minimum atomic E-state index is -0.229. The van der Waals surface area contributed by atoms with Gasteiger partial charge in [0.25, 0.3) is 0 Å². The summed E-state index contributed by atoms with van der Waals surface area (Å²) < 4.78 is 13.1. The van der Waals surface area contributed by atoms with Crippen molar-refractivity contribution in [1.29, 1.82) is 0 Å². The summed E-state index contributed by atoms with van der Waals surface area (Å²) >= 11 is 12.1. The van der Waals surface area contributed by atoms with Crippen LogP contribution >= 0.6 is 23.2 Å². The van der Waals surface area contributed by atoms with Gasteiger partial charge in [-0.1, -0.05) is 41.4 Å². The fourth-order valence-electron chi connectivity index (χ4n) is 3.44. The zero-order valence-corrected chi connectivity index (χ0v) is 17.4. The molecule has 148 valence electrons. The summed E-state index contributed by atoms with van der Waals surface area (Å²) in [5.74, 6) is -0.264. The average Bonchev–Trinajstić information content (AvgIpc) is 2.65. The molecule has 0 spiro atoms. The summed E-state index contributed by atoms with van der Waals surface area (Å²) in [6.45, 7) is 6.30. The van der Waals surface area contributed by atoms with Gasteiger partial charge in [-0.15, -0.1) is 0 Å². The number of hydrogen-bond acceptors (Lipinski definition) is 2. The SMILES string of the molecule is C[C@@H]1CN(C(=O)/C=C/c2ccc(Cl)cc2Cl)[C@@H](C)CN1Cc1ccc(F)cc1. The number of halogens is 3. The molecule has 0 radical (unpaired) electrons. The first-order valence-corrected chi connectivity index (χ1v) is 10.0. The van der Waals surface area contributed by atoms with Gasteiger partial charge in [-0.2, -0.15) is 0 Å². The van der Waals surface area contributed by atoms with Gasteiger partial charge in [-0.25, -0.2) is 4.39 Å². The molecule has 6 heteroatoms. The molecule has 3 rings (SSSR count). The molecule has 0 aromatic heterocycles. The standard InChI is InChI=1S/C22H23Cl2FN2O/c1-15-13-27(22(28)10-6-18-5-7-19(23)11-21(18)24)16(2)12-26(15)14-17-3-8-20(25)9-4-17/h3-11,15-16H,12-14H2,1-2H3/b10-6+/t15-,16+/m1/s1. The maximum atomic E-state index is 13.1. The number of carbonyl (C=O) groups excluding carboxylic acids is 1. The van der Waals surface area contributed by atoms with Crippen molar-refractivity contribution in [1.82, 2.24) is 9.80 Å². The maximum absolute atomic E-state index is 13.1. The third-order valence-electron chi connectivity index (χ3n) is 5.07. The minimum absolute atomic E-state index is 0.0354. The van der Waals surface area contributed by atoms with E-state index in [2.05, 4.69) is 11.8 Å². The van der Waals surface area contributed by atoms with Crippen molar-refractivity contribution in [3.63, 3.8) is 0 Å². The maximum Gasteiger partial charge on any atom is 0.246 e.